The maximum absolute atomic E-state index is 5.23. The highest BCUT2D eigenvalue weighted by atomic mass is 16.6. The van der Waals surface area contributed by atoms with Crippen molar-refractivity contribution in [2.45, 2.75) is 64.1 Å². The molecule has 0 N–H and O–H groups in total. The average molecular weight is 270 g/mol. The fraction of sp³-hybridized carbons (Fsp3) is 0.875. The molecule has 0 bridgehead atoms. The minimum Gasteiger partial charge on any atom is -0.376 e. The Morgan fingerprint density at radius 1 is 1.00 bits per heavy atom. The van der Waals surface area contributed by atoms with Crippen molar-refractivity contribution in [3.05, 3.63) is 12.7 Å². The van der Waals surface area contributed by atoms with E-state index in [1.807, 2.05) is 6.08 Å². The molecule has 0 amide bonds. The summed E-state index contributed by atoms with van der Waals surface area (Å²) in [5.41, 5.74) is 0. The van der Waals surface area contributed by atoms with Crippen LogP contribution in [0.25, 0.3) is 0 Å². The zero-order chi connectivity index (χ0) is 13.8. The lowest BCUT2D eigenvalue weighted by Crippen LogP contribution is -2.06. The standard InChI is InChI=1S/C10H20.C6H10O3/c1-3-5-7-9-10-8-6-4-2;1(5-3-8-5)7-2-6-4-9-6/h3H,1,4-10H2,2H3;5-6H,1-4H2. The highest BCUT2D eigenvalue weighted by molar-refractivity contribution is 4.71. The maximum Gasteiger partial charge on any atom is 0.104 e. The number of hydrogen-bond donors (Lipinski definition) is 0. The van der Waals surface area contributed by atoms with E-state index in [9.17, 15) is 0 Å². The second-order valence-electron chi connectivity index (χ2n) is 5.29. The normalized spacial score (nSPS) is 23.4. The third-order valence-corrected chi connectivity index (χ3v) is 3.17. The van der Waals surface area contributed by atoms with E-state index in [-0.39, 0.29) is 0 Å². The van der Waals surface area contributed by atoms with Crippen LogP contribution in [0, 0.1) is 0 Å². The largest absolute Gasteiger partial charge is 0.376 e. The van der Waals surface area contributed by atoms with E-state index in [0.717, 1.165) is 26.4 Å². The van der Waals surface area contributed by atoms with Crippen molar-refractivity contribution in [1.29, 1.82) is 0 Å². The summed E-state index contributed by atoms with van der Waals surface area (Å²) in [6.07, 6.45) is 12.3. The molecular formula is C16H30O3. The van der Waals surface area contributed by atoms with Crippen LogP contribution in [-0.2, 0) is 14.2 Å². The number of epoxide rings is 2. The van der Waals surface area contributed by atoms with Gasteiger partial charge in [0, 0.05) is 0 Å². The van der Waals surface area contributed by atoms with Gasteiger partial charge in [0.1, 0.15) is 12.2 Å². The fourth-order valence-electron chi connectivity index (χ4n) is 1.73. The van der Waals surface area contributed by atoms with Gasteiger partial charge >= 0.3 is 0 Å². The molecule has 112 valence electrons. The Kier molecular flexibility index (Phi) is 10.0. The molecule has 0 spiro atoms. The molecule has 0 aromatic rings. The smallest absolute Gasteiger partial charge is 0.104 e. The SMILES string of the molecule is C(OCC1CO1)C1CO1.C=CCCCCCCCC. The number of hydrogen-bond acceptors (Lipinski definition) is 3. The van der Waals surface area contributed by atoms with Gasteiger partial charge in [-0.15, -0.1) is 6.58 Å². The van der Waals surface area contributed by atoms with E-state index in [1.54, 1.807) is 0 Å². The number of rotatable bonds is 11. The topological polar surface area (TPSA) is 34.3 Å². The summed E-state index contributed by atoms with van der Waals surface area (Å²) in [5, 5.41) is 0. The Bertz CT molecular complexity index is 198. The average Bonchev–Trinajstić information content (AvgIpc) is 3.28. The predicted octanol–water partition coefficient (Wildman–Crippen LogP) is 3.72. The molecule has 0 radical (unpaired) electrons. The molecule has 2 heterocycles. The van der Waals surface area contributed by atoms with Crippen molar-refractivity contribution < 1.29 is 14.2 Å². The third kappa shape index (κ3) is 12.4. The van der Waals surface area contributed by atoms with Crippen LogP contribution in [0.4, 0.5) is 0 Å². The van der Waals surface area contributed by atoms with Crippen molar-refractivity contribution in [2.75, 3.05) is 26.4 Å². The molecule has 2 aliphatic rings. The summed E-state index contributed by atoms with van der Waals surface area (Å²) < 4.78 is 15.1. The van der Waals surface area contributed by atoms with Gasteiger partial charge in [-0.25, -0.2) is 0 Å². The van der Waals surface area contributed by atoms with Gasteiger partial charge in [0.2, 0.25) is 0 Å². The summed E-state index contributed by atoms with van der Waals surface area (Å²) in [4.78, 5) is 0. The highest BCUT2D eigenvalue weighted by Gasteiger charge is 2.26. The van der Waals surface area contributed by atoms with Crippen LogP contribution >= 0.6 is 0 Å². The van der Waals surface area contributed by atoms with Gasteiger partial charge in [-0.05, 0) is 12.8 Å². The molecule has 2 aliphatic heterocycles. The first-order valence-corrected chi connectivity index (χ1v) is 7.78. The highest BCUT2D eigenvalue weighted by Crippen LogP contribution is 2.12. The molecular weight excluding hydrogens is 240 g/mol. The van der Waals surface area contributed by atoms with Gasteiger partial charge in [0.15, 0.2) is 0 Å². The zero-order valence-corrected chi connectivity index (χ0v) is 12.4. The van der Waals surface area contributed by atoms with E-state index in [0.29, 0.717) is 12.2 Å². The molecule has 0 aliphatic carbocycles. The van der Waals surface area contributed by atoms with Crippen molar-refractivity contribution in [3.63, 3.8) is 0 Å². The summed E-state index contributed by atoms with van der Waals surface area (Å²) in [7, 11) is 0. The van der Waals surface area contributed by atoms with Crippen molar-refractivity contribution in [2.24, 2.45) is 0 Å². The molecule has 3 heteroatoms. The lowest BCUT2D eigenvalue weighted by atomic mass is 10.1. The Morgan fingerprint density at radius 2 is 1.53 bits per heavy atom. The first-order valence-electron chi connectivity index (χ1n) is 7.78. The van der Waals surface area contributed by atoms with Gasteiger partial charge < -0.3 is 14.2 Å². The molecule has 2 unspecified atom stereocenters. The number of allylic oxidation sites excluding steroid dienone is 1. The van der Waals surface area contributed by atoms with Gasteiger partial charge in [-0.2, -0.15) is 0 Å². The molecule has 2 fully saturated rings. The van der Waals surface area contributed by atoms with Crippen LogP contribution in [-0.4, -0.2) is 38.6 Å². The van der Waals surface area contributed by atoms with Crippen molar-refractivity contribution in [3.8, 4) is 0 Å². The zero-order valence-electron chi connectivity index (χ0n) is 12.4. The molecule has 0 aromatic heterocycles. The second-order valence-corrected chi connectivity index (χ2v) is 5.29. The first kappa shape index (κ1) is 16.7. The molecule has 2 rings (SSSR count). The molecule has 19 heavy (non-hydrogen) atoms. The maximum atomic E-state index is 5.23. The van der Waals surface area contributed by atoms with Crippen molar-refractivity contribution >= 4 is 0 Å². The summed E-state index contributed by atoms with van der Waals surface area (Å²) in [6.45, 7) is 9.21. The van der Waals surface area contributed by atoms with Gasteiger partial charge in [-0.3, -0.25) is 0 Å². The van der Waals surface area contributed by atoms with Crippen LogP contribution in [0.2, 0.25) is 0 Å². The second kappa shape index (κ2) is 11.4. The van der Waals surface area contributed by atoms with Gasteiger partial charge in [0.05, 0.1) is 26.4 Å². The monoisotopic (exact) mass is 270 g/mol. The van der Waals surface area contributed by atoms with E-state index in [1.165, 1.54) is 44.9 Å². The third-order valence-electron chi connectivity index (χ3n) is 3.17. The van der Waals surface area contributed by atoms with Gasteiger partial charge in [-0.1, -0.05) is 45.1 Å². The quantitative estimate of drug-likeness (QED) is 0.326. The molecule has 0 aromatic carbocycles. The minimum absolute atomic E-state index is 0.392. The molecule has 0 saturated carbocycles. The number of unbranched alkanes of at least 4 members (excludes halogenated alkanes) is 6. The summed E-state index contributed by atoms with van der Waals surface area (Å²) in [6, 6.07) is 0. The first-order chi connectivity index (χ1) is 9.36. The van der Waals surface area contributed by atoms with Crippen LogP contribution in [0.1, 0.15) is 51.9 Å². The van der Waals surface area contributed by atoms with Crippen LogP contribution in [0.5, 0.6) is 0 Å². The summed E-state index contributed by atoms with van der Waals surface area (Å²) in [5.74, 6) is 0. The fourth-order valence-corrected chi connectivity index (χ4v) is 1.73. The lowest BCUT2D eigenvalue weighted by Gasteiger charge is -1.96. The van der Waals surface area contributed by atoms with E-state index in [4.69, 9.17) is 14.2 Å². The van der Waals surface area contributed by atoms with Crippen LogP contribution < -0.4 is 0 Å². The van der Waals surface area contributed by atoms with Crippen LogP contribution in [0.15, 0.2) is 12.7 Å². The van der Waals surface area contributed by atoms with E-state index in [2.05, 4.69) is 13.5 Å². The Labute approximate surface area is 118 Å². The molecule has 2 atom stereocenters. The van der Waals surface area contributed by atoms with Gasteiger partial charge in [0.25, 0.3) is 0 Å². The predicted molar refractivity (Wildman–Crippen MR) is 78.5 cm³/mol. The van der Waals surface area contributed by atoms with Crippen molar-refractivity contribution in [1.82, 2.24) is 0 Å². The Morgan fingerprint density at radius 3 is 2.00 bits per heavy atom. The number of ether oxygens (including phenoxy) is 3. The Balaban J connectivity index is 0.000000190. The van der Waals surface area contributed by atoms with Crippen LogP contribution in [0.3, 0.4) is 0 Å². The Hall–Kier alpha value is -0.380. The molecule has 3 nitrogen and oxygen atoms in total. The minimum atomic E-state index is 0.392. The lowest BCUT2D eigenvalue weighted by molar-refractivity contribution is 0.102. The molecule has 2 saturated heterocycles. The van der Waals surface area contributed by atoms with E-state index >= 15 is 0 Å². The van der Waals surface area contributed by atoms with E-state index < -0.39 is 0 Å². The summed E-state index contributed by atoms with van der Waals surface area (Å²) >= 11 is 0.